The van der Waals surface area contributed by atoms with Crippen LogP contribution in [0, 0.1) is 0 Å². The van der Waals surface area contributed by atoms with Crippen LogP contribution in [0.25, 0.3) is 0 Å². The van der Waals surface area contributed by atoms with Crippen molar-refractivity contribution in [3.8, 4) is 0 Å². The Morgan fingerprint density at radius 2 is 1.80 bits per heavy atom. The molecule has 0 aromatic carbocycles. The van der Waals surface area contributed by atoms with E-state index in [1.807, 2.05) is 20.8 Å². The van der Waals surface area contributed by atoms with E-state index < -0.39 is 0 Å². The minimum atomic E-state index is -0.141. The monoisotopic (exact) mass is 145 g/mol. The molecule has 1 atom stereocenters. The summed E-state index contributed by atoms with van der Waals surface area (Å²) < 4.78 is 0. The van der Waals surface area contributed by atoms with Crippen LogP contribution < -0.4 is 27.2 Å². The average Bonchev–Trinajstić information content (AvgIpc) is 1.94. The summed E-state index contributed by atoms with van der Waals surface area (Å²) in [5, 5.41) is 0. The highest BCUT2D eigenvalue weighted by Gasteiger charge is 2.19. The Labute approximate surface area is 60.9 Å². The summed E-state index contributed by atoms with van der Waals surface area (Å²) in [6, 6.07) is 0. The Hall–Kier alpha value is -0.200. The van der Waals surface area contributed by atoms with Crippen molar-refractivity contribution in [3.63, 3.8) is 0 Å². The summed E-state index contributed by atoms with van der Waals surface area (Å²) in [5.74, 6) is 0. The molecule has 0 aliphatic carbocycles. The molecule has 0 bridgehead atoms. The van der Waals surface area contributed by atoms with Gasteiger partial charge in [0.2, 0.25) is 0 Å². The Morgan fingerprint density at radius 3 is 2.50 bits per heavy atom. The number of rotatable bonds is 0. The van der Waals surface area contributed by atoms with Gasteiger partial charge in [0, 0.05) is 0 Å². The first-order chi connectivity index (χ1) is 4.60. The number of nitrogens with one attached hydrogen (secondary N) is 5. The molecule has 5 nitrogen and oxygen atoms in total. The Morgan fingerprint density at radius 1 is 1.10 bits per heavy atom. The van der Waals surface area contributed by atoms with Crippen LogP contribution in [0.4, 0.5) is 0 Å². The zero-order chi connectivity index (χ0) is 7.61. The van der Waals surface area contributed by atoms with Gasteiger partial charge in [-0.1, -0.05) is 0 Å². The normalized spacial score (nSPS) is 33.3. The van der Waals surface area contributed by atoms with Gasteiger partial charge in [0.25, 0.3) is 0 Å². The molecule has 0 saturated carbocycles. The summed E-state index contributed by atoms with van der Waals surface area (Å²) in [4.78, 5) is 0. The van der Waals surface area contributed by atoms with E-state index in [4.69, 9.17) is 0 Å². The Kier molecular flexibility index (Phi) is 2.22. The van der Waals surface area contributed by atoms with Gasteiger partial charge in [0.15, 0.2) is 0 Å². The summed E-state index contributed by atoms with van der Waals surface area (Å²) in [6.07, 6.45) is 0.203. The average molecular weight is 145 g/mol. The molecule has 0 aromatic rings. The van der Waals surface area contributed by atoms with Crippen molar-refractivity contribution in [2.45, 2.75) is 32.6 Å². The van der Waals surface area contributed by atoms with E-state index >= 15 is 0 Å². The van der Waals surface area contributed by atoms with E-state index in [9.17, 15) is 0 Å². The van der Waals surface area contributed by atoms with Crippen LogP contribution in [0.2, 0.25) is 0 Å². The Bertz CT molecular complexity index is 113. The van der Waals surface area contributed by atoms with Crippen molar-refractivity contribution in [3.05, 3.63) is 0 Å². The van der Waals surface area contributed by atoms with Crippen LogP contribution in [-0.2, 0) is 0 Å². The highest BCUT2D eigenvalue weighted by molar-refractivity contribution is 4.72. The molecule has 0 amide bonds. The maximum Gasteiger partial charge on any atom is 0.0900 e. The maximum atomic E-state index is 3.08. The van der Waals surface area contributed by atoms with Crippen LogP contribution in [0.3, 0.4) is 0 Å². The number of hydrogen-bond acceptors (Lipinski definition) is 5. The lowest BCUT2D eigenvalue weighted by Crippen LogP contribution is -2.58. The van der Waals surface area contributed by atoms with Crippen molar-refractivity contribution in [1.29, 1.82) is 0 Å². The molecule has 1 rings (SSSR count). The zero-order valence-electron chi connectivity index (χ0n) is 6.58. The van der Waals surface area contributed by atoms with Gasteiger partial charge in [-0.2, -0.15) is 5.53 Å². The zero-order valence-corrected chi connectivity index (χ0v) is 6.58. The second-order valence-electron chi connectivity index (χ2n) is 3.01. The second-order valence-corrected chi connectivity index (χ2v) is 3.01. The van der Waals surface area contributed by atoms with Gasteiger partial charge in [0.05, 0.1) is 11.8 Å². The van der Waals surface area contributed by atoms with E-state index in [1.165, 1.54) is 0 Å². The maximum absolute atomic E-state index is 3.08. The molecular formula is C5H15N5. The molecule has 1 heterocycles. The van der Waals surface area contributed by atoms with Gasteiger partial charge >= 0.3 is 0 Å². The second kappa shape index (κ2) is 2.81. The van der Waals surface area contributed by atoms with E-state index in [2.05, 4.69) is 27.2 Å². The third-order valence-corrected chi connectivity index (χ3v) is 1.26. The van der Waals surface area contributed by atoms with Gasteiger partial charge in [-0.15, -0.1) is 0 Å². The first-order valence-corrected chi connectivity index (χ1v) is 3.40. The van der Waals surface area contributed by atoms with Crippen molar-refractivity contribution in [1.82, 2.24) is 27.2 Å². The van der Waals surface area contributed by atoms with Crippen molar-refractivity contribution in [2.24, 2.45) is 0 Å². The molecule has 1 aliphatic rings. The quantitative estimate of drug-likeness (QED) is 0.296. The van der Waals surface area contributed by atoms with Gasteiger partial charge in [-0.3, -0.25) is 0 Å². The number of hydrazine groups is 3. The minimum absolute atomic E-state index is 0.141. The van der Waals surface area contributed by atoms with Gasteiger partial charge in [-0.25, -0.2) is 21.7 Å². The lowest BCUT2D eigenvalue weighted by Gasteiger charge is -2.24. The minimum Gasteiger partial charge on any atom is -0.238 e. The molecule has 10 heavy (non-hydrogen) atoms. The van der Waals surface area contributed by atoms with Crippen LogP contribution >= 0.6 is 0 Å². The first kappa shape index (κ1) is 7.90. The summed E-state index contributed by atoms with van der Waals surface area (Å²) >= 11 is 0. The van der Waals surface area contributed by atoms with Gasteiger partial charge in [-0.05, 0) is 20.8 Å². The Balaban J connectivity index is 2.41. The van der Waals surface area contributed by atoms with Crippen molar-refractivity contribution in [2.75, 3.05) is 0 Å². The fraction of sp³-hybridized carbons (Fsp3) is 1.00. The lowest BCUT2D eigenvalue weighted by atomic mass is 10.3. The van der Waals surface area contributed by atoms with Gasteiger partial charge in [0.1, 0.15) is 0 Å². The topological polar surface area (TPSA) is 60.1 Å². The number of hydrogen-bond donors (Lipinski definition) is 5. The first-order valence-electron chi connectivity index (χ1n) is 3.40. The third kappa shape index (κ3) is 2.20. The van der Waals surface area contributed by atoms with E-state index in [0.29, 0.717) is 0 Å². The molecule has 60 valence electrons. The molecule has 5 N–H and O–H groups in total. The van der Waals surface area contributed by atoms with Crippen LogP contribution in [0.15, 0.2) is 0 Å². The smallest absolute Gasteiger partial charge is 0.0900 e. The molecule has 1 saturated heterocycles. The molecule has 1 unspecified atom stereocenters. The fourth-order valence-corrected chi connectivity index (χ4v) is 0.657. The predicted octanol–water partition coefficient (Wildman–Crippen LogP) is -1.22. The van der Waals surface area contributed by atoms with E-state index in [-0.39, 0.29) is 11.8 Å². The lowest BCUT2D eigenvalue weighted by molar-refractivity contribution is 0.266. The molecule has 0 aromatic heterocycles. The van der Waals surface area contributed by atoms with Gasteiger partial charge < -0.3 is 0 Å². The summed E-state index contributed by atoms with van der Waals surface area (Å²) in [7, 11) is 0. The van der Waals surface area contributed by atoms with E-state index in [1.54, 1.807) is 0 Å². The summed E-state index contributed by atoms with van der Waals surface area (Å²) in [5.41, 5.74) is 14.8. The molecule has 0 radical (unpaired) electrons. The van der Waals surface area contributed by atoms with Crippen LogP contribution in [0.1, 0.15) is 20.8 Å². The standard InChI is InChI=1S/C5H15N5/c1-4-6-8-5(2,3)9-10-7-4/h4,6-10H,1-3H3. The van der Waals surface area contributed by atoms with Crippen LogP contribution in [0.5, 0.6) is 0 Å². The van der Waals surface area contributed by atoms with Crippen LogP contribution in [-0.4, -0.2) is 11.8 Å². The molecule has 1 aliphatic heterocycles. The van der Waals surface area contributed by atoms with Crippen molar-refractivity contribution >= 4 is 0 Å². The predicted molar refractivity (Wildman–Crippen MR) is 39.2 cm³/mol. The van der Waals surface area contributed by atoms with Crippen molar-refractivity contribution < 1.29 is 0 Å². The summed E-state index contributed by atoms with van der Waals surface area (Å²) in [6.45, 7) is 6.04. The highest BCUT2D eigenvalue weighted by Crippen LogP contribution is 1.92. The van der Waals surface area contributed by atoms with E-state index in [0.717, 1.165) is 0 Å². The molecule has 5 heteroatoms. The highest BCUT2D eigenvalue weighted by atomic mass is 15.7. The fourth-order valence-electron chi connectivity index (χ4n) is 0.657. The molecular weight excluding hydrogens is 130 g/mol. The largest absolute Gasteiger partial charge is 0.238 e. The third-order valence-electron chi connectivity index (χ3n) is 1.26. The molecule has 0 spiro atoms. The SMILES string of the molecule is CC1NNNC(C)(C)NN1. The molecule has 1 fully saturated rings.